The number of aryl methyl sites for hydroxylation is 2. The van der Waals surface area contributed by atoms with Gasteiger partial charge in [-0.1, -0.05) is 43.2 Å². The van der Waals surface area contributed by atoms with Crippen LogP contribution in [0.5, 0.6) is 0 Å². The predicted molar refractivity (Wildman–Crippen MR) is 79.8 cm³/mol. The number of benzene rings is 1. The third kappa shape index (κ3) is 4.11. The van der Waals surface area contributed by atoms with Crippen LogP contribution in [-0.4, -0.2) is 24.5 Å². The monoisotopic (exact) mass is 248 g/mol. The van der Waals surface area contributed by atoms with Crippen molar-refractivity contribution in [2.75, 3.05) is 13.6 Å². The second kappa shape index (κ2) is 6.91. The SMILES string of the molecule is CCC(CC)N(C)CC(N)c1cc(C)cc(C)c1. The van der Waals surface area contributed by atoms with Crippen LogP contribution in [-0.2, 0) is 0 Å². The lowest BCUT2D eigenvalue weighted by Gasteiger charge is -2.29. The van der Waals surface area contributed by atoms with Gasteiger partial charge in [-0.3, -0.25) is 0 Å². The Hall–Kier alpha value is -0.860. The van der Waals surface area contributed by atoms with E-state index in [-0.39, 0.29) is 6.04 Å². The van der Waals surface area contributed by atoms with Gasteiger partial charge in [-0.15, -0.1) is 0 Å². The van der Waals surface area contributed by atoms with Gasteiger partial charge in [-0.2, -0.15) is 0 Å². The maximum atomic E-state index is 6.34. The number of hydrogen-bond donors (Lipinski definition) is 1. The second-order valence-electron chi connectivity index (χ2n) is 5.44. The van der Waals surface area contributed by atoms with Gasteiger partial charge in [0.1, 0.15) is 0 Å². The molecule has 0 amide bonds. The average molecular weight is 248 g/mol. The van der Waals surface area contributed by atoms with Gasteiger partial charge >= 0.3 is 0 Å². The fraction of sp³-hybridized carbons (Fsp3) is 0.625. The van der Waals surface area contributed by atoms with Crippen molar-refractivity contribution >= 4 is 0 Å². The molecule has 0 saturated heterocycles. The molecule has 0 aromatic heterocycles. The van der Waals surface area contributed by atoms with E-state index in [1.54, 1.807) is 0 Å². The average Bonchev–Trinajstić information content (AvgIpc) is 2.29. The summed E-state index contributed by atoms with van der Waals surface area (Å²) in [7, 11) is 2.18. The number of nitrogens with two attached hydrogens (primary N) is 1. The Labute approximate surface area is 112 Å². The molecule has 1 atom stereocenters. The van der Waals surface area contributed by atoms with E-state index in [1.807, 2.05) is 0 Å². The molecule has 0 saturated carbocycles. The summed E-state index contributed by atoms with van der Waals surface area (Å²) in [6.45, 7) is 9.68. The van der Waals surface area contributed by atoms with Gasteiger partial charge < -0.3 is 10.6 Å². The van der Waals surface area contributed by atoms with Crippen LogP contribution in [0.1, 0.15) is 49.4 Å². The summed E-state index contributed by atoms with van der Waals surface area (Å²) < 4.78 is 0. The Balaban J connectivity index is 2.72. The molecule has 0 bridgehead atoms. The highest BCUT2D eigenvalue weighted by Gasteiger charge is 2.15. The third-order valence-electron chi connectivity index (χ3n) is 3.72. The summed E-state index contributed by atoms with van der Waals surface area (Å²) >= 11 is 0. The molecule has 2 nitrogen and oxygen atoms in total. The summed E-state index contributed by atoms with van der Waals surface area (Å²) in [5.41, 5.74) is 10.2. The van der Waals surface area contributed by atoms with Crippen LogP contribution in [0.2, 0.25) is 0 Å². The molecule has 2 heteroatoms. The van der Waals surface area contributed by atoms with Crippen LogP contribution in [0.4, 0.5) is 0 Å². The lowest BCUT2D eigenvalue weighted by molar-refractivity contribution is 0.217. The smallest absolute Gasteiger partial charge is 0.0424 e. The molecule has 1 rings (SSSR count). The minimum Gasteiger partial charge on any atom is -0.323 e. The van der Waals surface area contributed by atoms with Crippen LogP contribution in [0, 0.1) is 13.8 Å². The van der Waals surface area contributed by atoms with Crippen LogP contribution in [0.3, 0.4) is 0 Å². The molecule has 0 heterocycles. The Bertz CT molecular complexity index is 349. The van der Waals surface area contributed by atoms with Gasteiger partial charge in [0, 0.05) is 18.6 Å². The highest BCUT2D eigenvalue weighted by Crippen LogP contribution is 2.17. The van der Waals surface area contributed by atoms with Crippen molar-refractivity contribution in [2.24, 2.45) is 5.73 Å². The van der Waals surface area contributed by atoms with Gasteiger partial charge in [0.25, 0.3) is 0 Å². The summed E-state index contributed by atoms with van der Waals surface area (Å²) in [5, 5.41) is 0. The van der Waals surface area contributed by atoms with E-state index in [0.29, 0.717) is 6.04 Å². The molecular formula is C16H28N2. The number of likely N-dealkylation sites (N-methyl/N-ethyl adjacent to an activating group) is 1. The molecule has 1 aromatic carbocycles. The van der Waals surface area contributed by atoms with Crippen LogP contribution in [0.15, 0.2) is 18.2 Å². The quantitative estimate of drug-likeness (QED) is 0.836. The van der Waals surface area contributed by atoms with Crippen molar-refractivity contribution in [2.45, 2.75) is 52.6 Å². The molecule has 18 heavy (non-hydrogen) atoms. The zero-order valence-corrected chi connectivity index (χ0v) is 12.5. The van der Waals surface area contributed by atoms with Crippen LogP contribution in [0.25, 0.3) is 0 Å². The van der Waals surface area contributed by atoms with Crippen molar-refractivity contribution in [3.05, 3.63) is 34.9 Å². The van der Waals surface area contributed by atoms with E-state index in [2.05, 4.69) is 57.8 Å². The molecule has 2 N–H and O–H groups in total. The summed E-state index contributed by atoms with van der Waals surface area (Å²) in [6.07, 6.45) is 2.37. The third-order valence-corrected chi connectivity index (χ3v) is 3.72. The fourth-order valence-corrected chi connectivity index (χ4v) is 2.70. The van der Waals surface area contributed by atoms with Gasteiger partial charge in [0.2, 0.25) is 0 Å². The van der Waals surface area contributed by atoms with Crippen molar-refractivity contribution in [3.8, 4) is 0 Å². The first kappa shape index (κ1) is 15.2. The second-order valence-corrected chi connectivity index (χ2v) is 5.44. The fourth-order valence-electron chi connectivity index (χ4n) is 2.70. The largest absolute Gasteiger partial charge is 0.323 e. The van der Waals surface area contributed by atoms with Crippen molar-refractivity contribution < 1.29 is 0 Å². The van der Waals surface area contributed by atoms with Gasteiger partial charge in [0.05, 0.1) is 0 Å². The summed E-state index contributed by atoms with van der Waals surface area (Å²) in [6, 6.07) is 7.36. The highest BCUT2D eigenvalue weighted by atomic mass is 15.1. The Kier molecular flexibility index (Phi) is 5.83. The van der Waals surface area contributed by atoms with E-state index in [0.717, 1.165) is 6.54 Å². The molecule has 0 aliphatic rings. The van der Waals surface area contributed by atoms with E-state index in [9.17, 15) is 0 Å². The van der Waals surface area contributed by atoms with Crippen LogP contribution >= 0.6 is 0 Å². The normalized spacial score (nSPS) is 13.3. The first-order chi connectivity index (χ1) is 8.47. The highest BCUT2D eigenvalue weighted by molar-refractivity contribution is 5.30. The zero-order chi connectivity index (χ0) is 13.7. The van der Waals surface area contributed by atoms with Gasteiger partial charge in [0.15, 0.2) is 0 Å². The maximum Gasteiger partial charge on any atom is 0.0424 e. The molecule has 1 unspecified atom stereocenters. The molecule has 0 aliphatic heterocycles. The number of nitrogens with zero attached hydrogens (tertiary/aromatic N) is 1. The Morgan fingerprint density at radius 3 is 2.00 bits per heavy atom. The topological polar surface area (TPSA) is 29.3 Å². The number of hydrogen-bond acceptors (Lipinski definition) is 2. The molecule has 0 radical (unpaired) electrons. The molecule has 1 aromatic rings. The minimum absolute atomic E-state index is 0.106. The molecule has 102 valence electrons. The van der Waals surface area contributed by atoms with E-state index in [1.165, 1.54) is 29.5 Å². The predicted octanol–water partition coefficient (Wildman–Crippen LogP) is 3.42. The van der Waals surface area contributed by atoms with Crippen molar-refractivity contribution in [1.82, 2.24) is 4.90 Å². The molecular weight excluding hydrogens is 220 g/mol. The van der Waals surface area contributed by atoms with Gasteiger partial charge in [-0.05, 0) is 39.3 Å². The maximum absolute atomic E-state index is 6.34. The van der Waals surface area contributed by atoms with Gasteiger partial charge in [-0.25, -0.2) is 0 Å². The first-order valence-electron chi connectivity index (χ1n) is 7.01. The summed E-state index contributed by atoms with van der Waals surface area (Å²) in [5.74, 6) is 0. The Morgan fingerprint density at radius 2 is 1.56 bits per heavy atom. The van der Waals surface area contributed by atoms with E-state index >= 15 is 0 Å². The summed E-state index contributed by atoms with van der Waals surface area (Å²) in [4.78, 5) is 2.39. The first-order valence-corrected chi connectivity index (χ1v) is 7.01. The standard InChI is InChI=1S/C16H28N2/c1-6-15(7-2)18(5)11-16(17)14-9-12(3)8-13(4)10-14/h8-10,15-16H,6-7,11,17H2,1-5H3. The Morgan fingerprint density at radius 1 is 1.06 bits per heavy atom. The lowest BCUT2D eigenvalue weighted by Crippen LogP contribution is -2.36. The minimum atomic E-state index is 0.106. The van der Waals surface area contributed by atoms with Crippen molar-refractivity contribution in [3.63, 3.8) is 0 Å². The zero-order valence-electron chi connectivity index (χ0n) is 12.5. The van der Waals surface area contributed by atoms with Crippen LogP contribution < -0.4 is 5.73 Å². The van der Waals surface area contributed by atoms with E-state index < -0.39 is 0 Å². The molecule has 0 fully saturated rings. The molecule has 0 aliphatic carbocycles. The lowest BCUT2D eigenvalue weighted by atomic mass is 10.0. The molecule has 0 spiro atoms. The van der Waals surface area contributed by atoms with E-state index in [4.69, 9.17) is 5.73 Å². The van der Waals surface area contributed by atoms with Crippen molar-refractivity contribution in [1.29, 1.82) is 0 Å². The number of rotatable bonds is 6.